The van der Waals surface area contributed by atoms with Crippen molar-refractivity contribution in [3.63, 3.8) is 0 Å². The summed E-state index contributed by atoms with van der Waals surface area (Å²) in [5, 5.41) is 9.97. The highest BCUT2D eigenvalue weighted by Gasteiger charge is 2.16. The molecular weight excluding hydrogens is 408 g/mol. The van der Waals surface area contributed by atoms with E-state index < -0.39 is 5.97 Å². The van der Waals surface area contributed by atoms with Crippen LogP contribution in [0.3, 0.4) is 0 Å². The van der Waals surface area contributed by atoms with Crippen molar-refractivity contribution in [2.24, 2.45) is 0 Å². The van der Waals surface area contributed by atoms with Crippen LogP contribution in [0, 0.1) is 0 Å². The highest BCUT2D eigenvalue weighted by Crippen LogP contribution is 2.39. The molecule has 0 fully saturated rings. The lowest BCUT2D eigenvalue weighted by atomic mass is 10.0. The van der Waals surface area contributed by atoms with E-state index in [9.17, 15) is 9.59 Å². The Morgan fingerprint density at radius 3 is 2.22 bits per heavy atom. The average Bonchev–Trinajstić information content (AvgIpc) is 3.26. The molecule has 0 amide bonds. The van der Waals surface area contributed by atoms with E-state index in [2.05, 4.69) is 0 Å². The molecule has 3 aromatic carbocycles. The molecule has 1 N–H and O–H groups in total. The lowest BCUT2D eigenvalue weighted by Gasteiger charge is -2.12. The maximum absolute atomic E-state index is 12.6. The predicted molar refractivity (Wildman–Crippen MR) is 122 cm³/mol. The van der Waals surface area contributed by atoms with Crippen LogP contribution in [0.2, 0.25) is 0 Å². The molecule has 0 saturated carbocycles. The summed E-state index contributed by atoms with van der Waals surface area (Å²) in [6.07, 6.45) is 3.07. The number of hydrogen-bond donors (Lipinski definition) is 1. The summed E-state index contributed by atoms with van der Waals surface area (Å²) in [4.78, 5) is 23.6. The van der Waals surface area contributed by atoms with Gasteiger partial charge in [0.05, 0.1) is 25.3 Å². The number of fused-ring (bicyclic) bond motifs is 1. The number of para-hydroxylation sites is 1. The van der Waals surface area contributed by atoms with Crippen molar-refractivity contribution >= 4 is 28.8 Å². The number of carboxylic acid groups (broad SMARTS) is 1. The van der Waals surface area contributed by atoms with E-state index in [4.69, 9.17) is 19.0 Å². The Balaban J connectivity index is 1.70. The minimum absolute atomic E-state index is 0.123. The predicted octanol–water partition coefficient (Wildman–Crippen LogP) is 5.71. The summed E-state index contributed by atoms with van der Waals surface area (Å²) in [5.41, 5.74) is 2.66. The number of aromatic carboxylic acids is 1. The van der Waals surface area contributed by atoms with E-state index in [1.807, 2.05) is 36.4 Å². The van der Waals surface area contributed by atoms with Crippen LogP contribution in [0.25, 0.3) is 28.4 Å². The van der Waals surface area contributed by atoms with Crippen LogP contribution >= 0.6 is 0 Å². The van der Waals surface area contributed by atoms with Crippen LogP contribution in [-0.2, 0) is 0 Å². The third-order valence-corrected chi connectivity index (χ3v) is 5.07. The van der Waals surface area contributed by atoms with Crippen LogP contribution in [0.15, 0.2) is 77.2 Å². The molecule has 0 bridgehead atoms. The number of methoxy groups -OCH3 is 2. The van der Waals surface area contributed by atoms with Gasteiger partial charge < -0.3 is 19.0 Å². The molecule has 0 saturated heterocycles. The lowest BCUT2D eigenvalue weighted by Crippen LogP contribution is -1.99. The lowest BCUT2D eigenvalue weighted by molar-refractivity contribution is 0.0696. The van der Waals surface area contributed by atoms with Gasteiger partial charge in [0.1, 0.15) is 22.8 Å². The number of hydrogen-bond acceptors (Lipinski definition) is 5. The number of benzene rings is 3. The fourth-order valence-corrected chi connectivity index (χ4v) is 3.40. The molecule has 4 rings (SSSR count). The number of carboxylic acids is 1. The Morgan fingerprint density at radius 2 is 1.56 bits per heavy atom. The van der Waals surface area contributed by atoms with Crippen molar-refractivity contribution in [1.29, 1.82) is 0 Å². The molecule has 6 nitrogen and oxygen atoms in total. The van der Waals surface area contributed by atoms with Crippen LogP contribution in [-0.4, -0.2) is 31.1 Å². The van der Waals surface area contributed by atoms with Gasteiger partial charge in [0, 0.05) is 22.6 Å². The molecule has 32 heavy (non-hydrogen) atoms. The van der Waals surface area contributed by atoms with Crippen LogP contribution < -0.4 is 9.47 Å². The maximum atomic E-state index is 12.6. The number of ketones is 1. The van der Waals surface area contributed by atoms with Gasteiger partial charge in [-0.3, -0.25) is 4.79 Å². The number of furan rings is 1. The number of carbonyl (C=O) groups excluding carboxylic acids is 1. The van der Waals surface area contributed by atoms with Crippen molar-refractivity contribution in [2.75, 3.05) is 14.2 Å². The van der Waals surface area contributed by atoms with Crippen molar-refractivity contribution in [2.45, 2.75) is 0 Å². The van der Waals surface area contributed by atoms with Crippen LogP contribution in [0.5, 0.6) is 11.5 Å². The molecule has 1 heterocycles. The normalized spacial score (nSPS) is 11.1. The third kappa shape index (κ3) is 4.11. The van der Waals surface area contributed by atoms with E-state index >= 15 is 0 Å². The van der Waals surface area contributed by atoms with E-state index in [0.29, 0.717) is 28.4 Å². The molecule has 0 spiro atoms. The Labute approximate surface area is 184 Å². The first kappa shape index (κ1) is 20.9. The van der Waals surface area contributed by atoms with Gasteiger partial charge in [-0.05, 0) is 42.5 Å². The minimum atomic E-state index is -1.04. The molecule has 0 aliphatic rings. The SMILES string of the molecule is COc1cc(OC)c(-c2cc3ccccc3o2)cc1/C=C\C(=O)c1ccc(C(=O)O)cc1. The Bertz CT molecular complexity index is 1300. The first-order valence-corrected chi connectivity index (χ1v) is 9.81. The van der Waals surface area contributed by atoms with Gasteiger partial charge in [-0.1, -0.05) is 30.3 Å². The molecule has 0 radical (unpaired) electrons. The first-order chi connectivity index (χ1) is 15.5. The van der Waals surface area contributed by atoms with Gasteiger partial charge in [-0.25, -0.2) is 4.79 Å². The van der Waals surface area contributed by atoms with Gasteiger partial charge in [0.15, 0.2) is 5.78 Å². The van der Waals surface area contributed by atoms with Gasteiger partial charge in [0.25, 0.3) is 0 Å². The molecular formula is C26H20O6. The average molecular weight is 428 g/mol. The Hall–Kier alpha value is -4.32. The monoisotopic (exact) mass is 428 g/mol. The quantitative estimate of drug-likeness (QED) is 0.300. The second kappa shape index (κ2) is 8.81. The van der Waals surface area contributed by atoms with Gasteiger partial charge >= 0.3 is 5.97 Å². The topological polar surface area (TPSA) is 86.0 Å². The molecule has 0 aliphatic carbocycles. The van der Waals surface area contributed by atoms with E-state index in [1.165, 1.54) is 30.3 Å². The highest BCUT2D eigenvalue weighted by atomic mass is 16.5. The largest absolute Gasteiger partial charge is 0.496 e. The summed E-state index contributed by atoms with van der Waals surface area (Å²) in [7, 11) is 3.11. The fourth-order valence-electron chi connectivity index (χ4n) is 3.40. The molecule has 6 heteroatoms. The molecule has 0 aliphatic heterocycles. The molecule has 160 valence electrons. The summed E-state index contributed by atoms with van der Waals surface area (Å²) in [6, 6.07) is 19.0. The third-order valence-electron chi connectivity index (χ3n) is 5.07. The Morgan fingerprint density at radius 1 is 0.875 bits per heavy atom. The maximum Gasteiger partial charge on any atom is 0.335 e. The molecule has 0 unspecified atom stereocenters. The number of allylic oxidation sites excluding steroid dienone is 1. The van der Waals surface area contributed by atoms with Crippen molar-refractivity contribution < 1.29 is 28.6 Å². The second-order valence-corrected chi connectivity index (χ2v) is 7.02. The van der Waals surface area contributed by atoms with Gasteiger partial charge in [-0.2, -0.15) is 0 Å². The summed E-state index contributed by atoms with van der Waals surface area (Å²) in [5.74, 6) is 0.447. The van der Waals surface area contributed by atoms with E-state index in [0.717, 1.165) is 16.5 Å². The van der Waals surface area contributed by atoms with E-state index in [1.54, 1.807) is 26.4 Å². The summed E-state index contributed by atoms with van der Waals surface area (Å²) >= 11 is 0. The number of ether oxygens (including phenoxy) is 2. The zero-order valence-electron chi connectivity index (χ0n) is 17.5. The molecule has 0 atom stereocenters. The summed E-state index contributed by atoms with van der Waals surface area (Å²) in [6.45, 7) is 0. The first-order valence-electron chi connectivity index (χ1n) is 9.81. The van der Waals surface area contributed by atoms with Gasteiger partial charge in [-0.15, -0.1) is 0 Å². The van der Waals surface area contributed by atoms with Crippen molar-refractivity contribution in [3.05, 3.63) is 89.5 Å². The zero-order chi connectivity index (χ0) is 22.7. The second-order valence-electron chi connectivity index (χ2n) is 7.02. The van der Waals surface area contributed by atoms with Crippen molar-refractivity contribution in [3.8, 4) is 22.8 Å². The smallest absolute Gasteiger partial charge is 0.335 e. The van der Waals surface area contributed by atoms with E-state index in [-0.39, 0.29) is 11.3 Å². The number of carbonyl (C=O) groups is 2. The molecule has 1 aromatic heterocycles. The van der Waals surface area contributed by atoms with Crippen LogP contribution in [0.1, 0.15) is 26.3 Å². The highest BCUT2D eigenvalue weighted by molar-refractivity contribution is 6.07. The Kier molecular flexibility index (Phi) is 5.77. The zero-order valence-corrected chi connectivity index (χ0v) is 17.5. The van der Waals surface area contributed by atoms with Crippen molar-refractivity contribution in [1.82, 2.24) is 0 Å². The minimum Gasteiger partial charge on any atom is -0.496 e. The van der Waals surface area contributed by atoms with Gasteiger partial charge in [0.2, 0.25) is 0 Å². The van der Waals surface area contributed by atoms with Crippen LogP contribution in [0.4, 0.5) is 0 Å². The summed E-state index contributed by atoms with van der Waals surface area (Å²) < 4.78 is 17.0. The number of rotatable bonds is 7. The standard InChI is InChI=1S/C26H20O6/c1-30-23-15-24(31-2)20(25-14-18-5-3-4-6-22(18)32-25)13-19(23)11-12-21(27)16-7-9-17(10-8-16)26(28)29/h3-15H,1-2H3,(H,28,29)/b12-11-. The fraction of sp³-hybridized carbons (Fsp3) is 0.0769. The molecule has 4 aromatic rings.